The lowest BCUT2D eigenvalue weighted by Crippen LogP contribution is -2.12. The molecule has 5 aromatic carbocycles. The van der Waals surface area contributed by atoms with E-state index >= 15 is 0 Å². The lowest BCUT2D eigenvalue weighted by atomic mass is 9.97. The van der Waals surface area contributed by atoms with Crippen molar-refractivity contribution in [2.24, 2.45) is 0 Å². The molecule has 0 amide bonds. The first-order valence-corrected chi connectivity index (χ1v) is 11.9. The van der Waals surface area contributed by atoms with E-state index in [-0.39, 0.29) is 33.4 Å². The van der Waals surface area contributed by atoms with Crippen LogP contribution in [0.5, 0.6) is 0 Å². The van der Waals surface area contributed by atoms with Crippen LogP contribution in [0.25, 0.3) is 43.8 Å². The van der Waals surface area contributed by atoms with E-state index in [0.717, 1.165) is 18.2 Å². The third-order valence-corrected chi connectivity index (χ3v) is 6.93. The maximum absolute atomic E-state index is 13.5. The summed E-state index contributed by atoms with van der Waals surface area (Å²) >= 11 is 0. The molecule has 0 spiro atoms. The predicted octanol–water partition coefficient (Wildman–Crippen LogP) is 8.03. The molecule has 0 aliphatic carbocycles. The number of rotatable bonds is 2. The molecule has 0 saturated heterocycles. The van der Waals surface area contributed by atoms with Gasteiger partial charge in [-0.05, 0) is 66.1 Å². The quantitative estimate of drug-likeness (QED) is 0.192. The van der Waals surface area contributed by atoms with Gasteiger partial charge in [-0.1, -0.05) is 6.07 Å². The molecule has 4 nitrogen and oxygen atoms in total. The molecule has 0 saturated carbocycles. The summed E-state index contributed by atoms with van der Waals surface area (Å²) in [6, 6.07) is 8.52. The van der Waals surface area contributed by atoms with Crippen LogP contribution in [0.4, 0.5) is 39.5 Å². The van der Waals surface area contributed by atoms with Gasteiger partial charge in [-0.3, -0.25) is 9.59 Å². The molecule has 13 heteroatoms. The van der Waals surface area contributed by atoms with Crippen LogP contribution < -0.4 is 10.9 Å². The van der Waals surface area contributed by atoms with Crippen molar-refractivity contribution in [3.8, 4) is 34.4 Å². The monoisotopic (exact) mass is 602 g/mol. The molecule has 216 valence electrons. The zero-order valence-corrected chi connectivity index (χ0v) is 21.2. The third-order valence-electron chi connectivity index (χ3n) is 6.93. The summed E-state index contributed by atoms with van der Waals surface area (Å²) < 4.78 is 121. The zero-order chi connectivity index (χ0) is 31.8. The molecule has 0 heterocycles. The number of nitrogens with zero attached hydrogens (tertiary/aromatic N) is 2. The van der Waals surface area contributed by atoms with Crippen molar-refractivity contribution in [3.05, 3.63) is 102 Å². The highest BCUT2D eigenvalue weighted by Crippen LogP contribution is 2.41. The van der Waals surface area contributed by atoms with E-state index in [2.05, 4.69) is 0 Å². The molecule has 0 aromatic heterocycles. The van der Waals surface area contributed by atoms with E-state index in [4.69, 9.17) is 0 Å². The minimum Gasteiger partial charge on any atom is -0.289 e. The van der Waals surface area contributed by atoms with E-state index in [0.29, 0.717) is 18.2 Å². The molecule has 0 atom stereocenters. The van der Waals surface area contributed by atoms with Gasteiger partial charge in [-0.15, -0.1) is 0 Å². The van der Waals surface area contributed by atoms with Crippen molar-refractivity contribution in [2.75, 3.05) is 0 Å². The highest BCUT2D eigenvalue weighted by atomic mass is 19.4. The lowest BCUT2D eigenvalue weighted by molar-refractivity contribution is -0.143. The molecule has 0 radical (unpaired) electrons. The highest BCUT2D eigenvalue weighted by Gasteiger charge is 2.38. The fraction of sp³-hybridized carbons (Fsp3) is 0.133. The van der Waals surface area contributed by atoms with Crippen LogP contribution in [0.3, 0.4) is 0 Å². The van der Waals surface area contributed by atoms with Crippen LogP contribution in [0.15, 0.2) is 58.1 Å². The number of benzene rings is 3. The van der Waals surface area contributed by atoms with Crippen molar-refractivity contribution >= 4 is 21.5 Å². The minimum atomic E-state index is -5.24. The van der Waals surface area contributed by atoms with E-state index in [9.17, 15) is 59.6 Å². The highest BCUT2D eigenvalue weighted by molar-refractivity contribution is 6.10. The minimum absolute atomic E-state index is 0.120. The van der Waals surface area contributed by atoms with Gasteiger partial charge < -0.3 is 0 Å². The van der Waals surface area contributed by atoms with Gasteiger partial charge in [0.25, 0.3) is 0 Å². The maximum Gasteiger partial charge on any atom is 0.416 e. The predicted molar refractivity (Wildman–Crippen MR) is 136 cm³/mol. The summed E-state index contributed by atoms with van der Waals surface area (Å²) in [5, 5.41) is 18.6. The first-order valence-electron chi connectivity index (χ1n) is 11.9. The molecule has 0 fully saturated rings. The van der Waals surface area contributed by atoms with Gasteiger partial charge in [0.2, 0.25) is 0 Å². The Bertz CT molecular complexity index is 2140. The SMILES string of the molecule is Cc1cc(-c2c(C#N)c3cc4c(C#N)c(-c5cc(C(F)(F)F)cc(C(F)(F)F)c5)c(=O)c4cc3c2=O)cc(C(F)(F)F)c1. The summed E-state index contributed by atoms with van der Waals surface area (Å²) in [5.41, 5.74) is -9.77. The summed E-state index contributed by atoms with van der Waals surface area (Å²) in [4.78, 5) is 26.8. The summed E-state index contributed by atoms with van der Waals surface area (Å²) in [7, 11) is 0. The summed E-state index contributed by atoms with van der Waals surface area (Å²) in [6.07, 6.45) is -15.3. The number of aryl methyl sites for hydroxylation is 1. The van der Waals surface area contributed by atoms with Crippen molar-refractivity contribution in [2.45, 2.75) is 25.5 Å². The Morgan fingerprint density at radius 3 is 1.23 bits per heavy atom. The fourth-order valence-electron chi connectivity index (χ4n) is 5.13. The first-order chi connectivity index (χ1) is 19.9. The van der Waals surface area contributed by atoms with Crippen LogP contribution in [0.2, 0.25) is 0 Å². The van der Waals surface area contributed by atoms with E-state index < -0.39 is 79.3 Å². The van der Waals surface area contributed by atoms with E-state index in [1.807, 2.05) is 0 Å². The molecule has 0 N–H and O–H groups in total. The largest absolute Gasteiger partial charge is 0.416 e. The summed E-state index contributed by atoms with van der Waals surface area (Å²) in [6.45, 7) is 1.34. The van der Waals surface area contributed by atoms with Crippen molar-refractivity contribution in [1.29, 1.82) is 10.5 Å². The number of halogens is 9. The average Bonchev–Trinajstić information content (AvgIpc) is 3.34. The van der Waals surface area contributed by atoms with Crippen LogP contribution >= 0.6 is 0 Å². The third kappa shape index (κ3) is 4.77. The standard InChI is InChI=1S/C30H11F9N2O2/c1-12-2-13(4-15(3-12)28(31,32)33)24-22(10-40)18-8-19-21(9-20(18)26(24)42)27(43)25(23(19)11-41)14-5-16(29(34,35)36)7-17(6-14)30(37,38)39/h2-9H,1H3. The Balaban J connectivity index is 1.85. The normalized spacial score (nSPS) is 12.6. The number of nitriles is 2. The Labute approximate surface area is 234 Å². The molecule has 0 aliphatic heterocycles. The Morgan fingerprint density at radius 1 is 0.512 bits per heavy atom. The van der Waals surface area contributed by atoms with Crippen molar-refractivity contribution in [3.63, 3.8) is 0 Å². The van der Waals surface area contributed by atoms with Crippen LogP contribution in [0, 0.1) is 29.6 Å². The van der Waals surface area contributed by atoms with Gasteiger partial charge in [-0.2, -0.15) is 50.0 Å². The van der Waals surface area contributed by atoms with Crippen LogP contribution in [-0.4, -0.2) is 0 Å². The Hall–Kier alpha value is -5.17. The van der Waals surface area contributed by atoms with Gasteiger partial charge in [0.05, 0.1) is 27.8 Å². The maximum atomic E-state index is 13.5. The van der Waals surface area contributed by atoms with E-state index in [1.165, 1.54) is 13.0 Å². The fourth-order valence-corrected chi connectivity index (χ4v) is 5.13. The summed E-state index contributed by atoms with van der Waals surface area (Å²) in [5.74, 6) is 0. The van der Waals surface area contributed by atoms with Crippen molar-refractivity contribution in [1.82, 2.24) is 0 Å². The number of hydrogen-bond donors (Lipinski definition) is 0. The molecule has 0 unspecified atom stereocenters. The molecule has 0 aliphatic rings. The molecular weight excluding hydrogens is 591 g/mol. The Kier molecular flexibility index (Phi) is 6.43. The first kappa shape index (κ1) is 29.3. The molecular formula is C30H11F9N2O2. The van der Waals surface area contributed by atoms with Gasteiger partial charge in [-0.25, -0.2) is 0 Å². The average molecular weight is 602 g/mol. The smallest absolute Gasteiger partial charge is 0.289 e. The number of fused-ring (bicyclic) bond motifs is 2. The second-order valence-corrected chi connectivity index (χ2v) is 9.71. The van der Waals surface area contributed by atoms with Gasteiger partial charge in [0.15, 0.2) is 10.9 Å². The van der Waals surface area contributed by atoms with Gasteiger partial charge in [0.1, 0.15) is 12.1 Å². The lowest BCUT2D eigenvalue weighted by Gasteiger charge is -2.14. The molecule has 0 bridgehead atoms. The molecule has 43 heavy (non-hydrogen) atoms. The second-order valence-electron chi connectivity index (χ2n) is 9.71. The van der Waals surface area contributed by atoms with Crippen LogP contribution in [0.1, 0.15) is 33.4 Å². The van der Waals surface area contributed by atoms with Crippen molar-refractivity contribution < 1.29 is 39.5 Å². The molecule has 5 aromatic rings. The topological polar surface area (TPSA) is 81.7 Å². The second kappa shape index (κ2) is 9.42. The van der Waals surface area contributed by atoms with Crippen LogP contribution in [-0.2, 0) is 18.5 Å². The molecule has 5 rings (SSSR count). The number of alkyl halides is 9. The number of hydrogen-bond acceptors (Lipinski definition) is 4. The van der Waals surface area contributed by atoms with E-state index in [1.54, 1.807) is 12.1 Å². The van der Waals surface area contributed by atoms with Gasteiger partial charge >= 0.3 is 18.5 Å². The Morgan fingerprint density at radius 2 is 0.860 bits per heavy atom. The van der Waals surface area contributed by atoms with Gasteiger partial charge in [0, 0.05) is 32.7 Å². The zero-order valence-electron chi connectivity index (χ0n) is 21.2.